The zero-order valence-corrected chi connectivity index (χ0v) is 9.03. The normalized spacial score (nSPS) is 11.3. The molecule has 0 unspecified atom stereocenters. The van der Waals surface area contributed by atoms with Crippen LogP contribution < -0.4 is 4.18 Å². The first kappa shape index (κ1) is 12.3. The summed E-state index contributed by atoms with van der Waals surface area (Å²) in [7, 11) is -3.76. The van der Waals surface area contributed by atoms with Crippen LogP contribution in [0.1, 0.15) is 0 Å². The molecular formula is C7H8O6S2. The molecule has 1 aromatic carbocycles. The van der Waals surface area contributed by atoms with E-state index in [1.807, 2.05) is 0 Å². The number of benzene rings is 1. The highest BCUT2D eigenvalue weighted by Gasteiger charge is 2.13. The molecule has 0 aliphatic carbocycles. The molecule has 0 aliphatic rings. The second-order valence-corrected chi connectivity index (χ2v) is 4.93. The predicted octanol–water partition coefficient (Wildman–Crippen LogP) is 1.42. The third-order valence-corrected chi connectivity index (χ3v) is 3.38. The van der Waals surface area contributed by atoms with Gasteiger partial charge < -0.3 is 4.18 Å². The molecule has 84 valence electrons. The van der Waals surface area contributed by atoms with Crippen molar-refractivity contribution in [1.82, 2.24) is 0 Å². The molecular weight excluding hydrogens is 244 g/mol. The van der Waals surface area contributed by atoms with Crippen LogP contribution in [-0.4, -0.2) is 18.8 Å². The largest absolute Gasteiger partial charge is 0.382 e. The molecule has 8 heteroatoms. The lowest BCUT2D eigenvalue weighted by atomic mass is 10.3. The molecule has 1 N–H and O–H groups in total. The molecule has 0 bridgehead atoms. The Labute approximate surface area is 91.0 Å². The van der Waals surface area contributed by atoms with E-state index in [9.17, 15) is 8.42 Å². The van der Waals surface area contributed by atoms with E-state index in [2.05, 4.69) is 13.6 Å². The van der Waals surface area contributed by atoms with Crippen LogP contribution in [0.5, 0.6) is 5.75 Å². The Hall–Kier alpha value is -0.800. The molecule has 0 fully saturated rings. The van der Waals surface area contributed by atoms with Gasteiger partial charge in [0.1, 0.15) is 5.75 Å². The van der Waals surface area contributed by atoms with Crippen LogP contribution in [0.3, 0.4) is 0 Å². The van der Waals surface area contributed by atoms with Crippen LogP contribution in [0.25, 0.3) is 0 Å². The van der Waals surface area contributed by atoms with E-state index in [0.717, 1.165) is 0 Å². The predicted molar refractivity (Wildman–Crippen MR) is 53.2 cm³/mol. The molecule has 0 saturated heterocycles. The third kappa shape index (κ3) is 5.00. The zero-order valence-electron chi connectivity index (χ0n) is 7.40. The van der Waals surface area contributed by atoms with Crippen LogP contribution in [0.4, 0.5) is 0 Å². The lowest BCUT2D eigenvalue weighted by Gasteiger charge is -2.04. The SMILES string of the molecule is O=S(=O)(CSOOO)Oc1ccccc1. The van der Waals surface area contributed by atoms with Gasteiger partial charge in [-0.15, -0.1) is 4.33 Å². The van der Waals surface area contributed by atoms with Gasteiger partial charge in [0.25, 0.3) is 0 Å². The average Bonchev–Trinajstić information content (AvgIpc) is 2.18. The van der Waals surface area contributed by atoms with E-state index in [-0.39, 0.29) is 5.75 Å². The number of rotatable bonds is 6. The monoisotopic (exact) mass is 252 g/mol. The van der Waals surface area contributed by atoms with E-state index in [1.165, 1.54) is 12.1 Å². The van der Waals surface area contributed by atoms with E-state index in [1.54, 1.807) is 18.2 Å². The molecule has 1 aromatic rings. The van der Waals surface area contributed by atoms with Gasteiger partial charge in [-0.3, -0.25) is 0 Å². The molecule has 0 saturated carbocycles. The Bertz CT molecular complexity index is 376. The minimum absolute atomic E-state index is 0.211. The van der Waals surface area contributed by atoms with Gasteiger partial charge in [-0.2, -0.15) is 8.42 Å². The van der Waals surface area contributed by atoms with Crippen LogP contribution in [0, 0.1) is 0 Å². The molecule has 0 amide bonds. The summed E-state index contributed by atoms with van der Waals surface area (Å²) in [5.74, 6) is 0.211. The van der Waals surface area contributed by atoms with Crippen molar-refractivity contribution >= 4 is 22.2 Å². The number of para-hydroxylation sites is 1. The Balaban J connectivity index is 2.50. The summed E-state index contributed by atoms with van der Waals surface area (Å²) in [6, 6.07) is 8.03. The standard InChI is InChI=1S/C7H8O6S2/c8-12-13-14-6-15(9,10)11-7-4-2-1-3-5-7/h1-5,8H,6H2. The highest BCUT2D eigenvalue weighted by Crippen LogP contribution is 2.15. The molecule has 15 heavy (non-hydrogen) atoms. The smallest absolute Gasteiger partial charge is 0.321 e. The number of hydrogen-bond donors (Lipinski definition) is 1. The molecule has 6 nitrogen and oxygen atoms in total. The van der Waals surface area contributed by atoms with Crippen molar-refractivity contribution in [3.05, 3.63) is 30.3 Å². The average molecular weight is 252 g/mol. The van der Waals surface area contributed by atoms with Crippen molar-refractivity contribution in [2.75, 3.05) is 5.08 Å². The minimum atomic E-state index is -3.76. The first-order valence-electron chi connectivity index (χ1n) is 3.71. The molecule has 0 aliphatic heterocycles. The molecule has 0 atom stereocenters. The summed E-state index contributed by atoms with van der Waals surface area (Å²) in [6.07, 6.45) is 0. The molecule has 0 spiro atoms. The van der Waals surface area contributed by atoms with E-state index in [0.29, 0.717) is 12.0 Å². The summed E-state index contributed by atoms with van der Waals surface area (Å²) in [5, 5.41) is 10.5. The molecule has 0 radical (unpaired) electrons. The first-order chi connectivity index (χ1) is 7.14. The summed E-state index contributed by atoms with van der Waals surface area (Å²) < 4.78 is 31.0. The fourth-order valence-corrected chi connectivity index (χ4v) is 2.02. The quantitative estimate of drug-likeness (QED) is 0.269. The van der Waals surface area contributed by atoms with Gasteiger partial charge in [-0.05, 0) is 12.1 Å². The van der Waals surface area contributed by atoms with Crippen LogP contribution in [-0.2, 0) is 19.5 Å². The first-order valence-corrected chi connectivity index (χ1v) is 6.20. The second kappa shape index (κ2) is 5.93. The maximum absolute atomic E-state index is 11.2. The van der Waals surface area contributed by atoms with E-state index in [4.69, 9.17) is 5.26 Å². The fraction of sp³-hybridized carbons (Fsp3) is 0.143. The lowest BCUT2D eigenvalue weighted by Crippen LogP contribution is -2.11. The van der Waals surface area contributed by atoms with Crippen molar-refractivity contribution in [3.63, 3.8) is 0 Å². The van der Waals surface area contributed by atoms with Crippen LogP contribution in [0.2, 0.25) is 0 Å². The van der Waals surface area contributed by atoms with Crippen molar-refractivity contribution < 1.29 is 27.2 Å². The van der Waals surface area contributed by atoms with Gasteiger partial charge in [-0.1, -0.05) is 23.2 Å². The highest BCUT2D eigenvalue weighted by atomic mass is 32.3. The Kier molecular flexibility index (Phi) is 4.85. The third-order valence-electron chi connectivity index (χ3n) is 1.24. The van der Waals surface area contributed by atoms with Crippen molar-refractivity contribution in [2.24, 2.45) is 0 Å². The van der Waals surface area contributed by atoms with Crippen LogP contribution in [0.15, 0.2) is 30.3 Å². The lowest BCUT2D eigenvalue weighted by molar-refractivity contribution is -0.432. The van der Waals surface area contributed by atoms with Gasteiger partial charge in [0.2, 0.25) is 0 Å². The van der Waals surface area contributed by atoms with E-state index < -0.39 is 15.2 Å². The van der Waals surface area contributed by atoms with Crippen LogP contribution >= 0.6 is 12.0 Å². The Morgan fingerprint density at radius 3 is 2.53 bits per heavy atom. The molecule has 0 heterocycles. The molecule has 1 rings (SSSR count). The van der Waals surface area contributed by atoms with Gasteiger partial charge in [0, 0.05) is 0 Å². The second-order valence-electron chi connectivity index (χ2n) is 2.33. The van der Waals surface area contributed by atoms with Gasteiger partial charge >= 0.3 is 10.1 Å². The highest BCUT2D eigenvalue weighted by molar-refractivity contribution is 8.08. The van der Waals surface area contributed by atoms with Crippen molar-refractivity contribution in [3.8, 4) is 5.75 Å². The van der Waals surface area contributed by atoms with Gasteiger partial charge in [0.05, 0.1) is 12.0 Å². The van der Waals surface area contributed by atoms with Gasteiger partial charge in [-0.25, -0.2) is 5.26 Å². The minimum Gasteiger partial charge on any atom is -0.382 e. The zero-order chi connectivity index (χ0) is 11.1. The van der Waals surface area contributed by atoms with E-state index >= 15 is 0 Å². The van der Waals surface area contributed by atoms with Gasteiger partial charge in [0.15, 0.2) is 5.08 Å². The fourth-order valence-electron chi connectivity index (χ4n) is 0.747. The van der Waals surface area contributed by atoms with Crippen molar-refractivity contribution in [1.29, 1.82) is 0 Å². The van der Waals surface area contributed by atoms with Crippen molar-refractivity contribution in [2.45, 2.75) is 0 Å². The summed E-state index contributed by atoms with van der Waals surface area (Å²) >= 11 is 0.394. The Morgan fingerprint density at radius 2 is 1.93 bits per heavy atom. The molecule has 0 aromatic heterocycles. The number of hydrogen-bond acceptors (Lipinski definition) is 7. The topological polar surface area (TPSA) is 82.1 Å². The Morgan fingerprint density at radius 1 is 1.27 bits per heavy atom. The maximum Gasteiger partial charge on any atom is 0.321 e. The maximum atomic E-state index is 11.2. The summed E-state index contributed by atoms with van der Waals surface area (Å²) in [5.41, 5.74) is 0. The summed E-state index contributed by atoms with van der Waals surface area (Å²) in [6.45, 7) is 0. The summed E-state index contributed by atoms with van der Waals surface area (Å²) in [4.78, 5) is 0.